The molecule has 0 radical (unpaired) electrons. The van der Waals surface area contributed by atoms with Crippen molar-refractivity contribution in [2.24, 2.45) is 0 Å². The van der Waals surface area contributed by atoms with Gasteiger partial charge in [0.05, 0.1) is 27.4 Å². The van der Waals surface area contributed by atoms with Crippen LogP contribution in [0.15, 0.2) is 48.5 Å². The second-order valence-corrected chi connectivity index (χ2v) is 12.4. The number of ether oxygens (including phenoxy) is 4. The number of methoxy groups -OCH3 is 2. The maximum Gasteiger partial charge on any atom is 0.124 e. The molecular formula is C32H52N2O4S2. The molecule has 6 nitrogen and oxygen atoms in total. The van der Waals surface area contributed by atoms with Gasteiger partial charge < -0.3 is 29.6 Å². The van der Waals surface area contributed by atoms with Gasteiger partial charge in [0.1, 0.15) is 11.5 Å². The van der Waals surface area contributed by atoms with Crippen LogP contribution in [0.4, 0.5) is 0 Å². The monoisotopic (exact) mass is 592 g/mol. The molecule has 0 aliphatic heterocycles. The molecule has 2 aromatic carbocycles. The van der Waals surface area contributed by atoms with Crippen LogP contribution in [0.25, 0.3) is 0 Å². The predicted octanol–water partition coefficient (Wildman–Crippen LogP) is 7.12. The lowest BCUT2D eigenvalue weighted by atomic mass is 10.2. The highest BCUT2D eigenvalue weighted by Gasteiger charge is 2.02. The van der Waals surface area contributed by atoms with E-state index in [1.54, 1.807) is 14.2 Å². The van der Waals surface area contributed by atoms with E-state index in [1.807, 2.05) is 58.0 Å². The van der Waals surface area contributed by atoms with Gasteiger partial charge >= 0.3 is 0 Å². The third-order valence-electron chi connectivity index (χ3n) is 6.49. The molecule has 0 atom stereocenters. The highest BCUT2D eigenvalue weighted by atomic mass is 33.1. The van der Waals surface area contributed by atoms with Crippen molar-refractivity contribution in [2.75, 3.05) is 65.1 Å². The van der Waals surface area contributed by atoms with E-state index < -0.39 is 0 Å². The fourth-order valence-electron chi connectivity index (χ4n) is 4.22. The quantitative estimate of drug-likeness (QED) is 0.0840. The van der Waals surface area contributed by atoms with Crippen LogP contribution in [0.3, 0.4) is 0 Å². The van der Waals surface area contributed by atoms with Gasteiger partial charge in [-0.1, -0.05) is 83.7 Å². The summed E-state index contributed by atoms with van der Waals surface area (Å²) in [6.45, 7) is 7.30. The lowest BCUT2D eigenvalue weighted by Crippen LogP contribution is -2.19. The van der Waals surface area contributed by atoms with Gasteiger partial charge in [-0.25, -0.2) is 0 Å². The Morgan fingerprint density at radius 1 is 0.525 bits per heavy atom. The number of rotatable bonds is 27. The number of hydrogen-bond donors (Lipinski definition) is 2. The molecule has 0 unspecified atom stereocenters. The molecule has 0 heterocycles. The number of benzene rings is 2. The Bertz CT molecular complexity index is 790. The van der Waals surface area contributed by atoms with Gasteiger partial charge in [0.25, 0.3) is 0 Å². The fraction of sp³-hybridized carbons (Fsp3) is 0.625. The SMILES string of the molecule is COc1ccccc1COCCCCCCNCCSSCCNCCCCCCOCc1ccccc1OC. The van der Waals surface area contributed by atoms with Crippen molar-refractivity contribution >= 4 is 21.6 Å². The first-order chi connectivity index (χ1) is 19.8. The standard InChI is InChI=1S/C32H52N2O4S2/c1-35-31-17-9-7-15-29(31)27-37-23-13-5-3-11-19-33-21-25-39-40-26-22-34-20-12-4-6-14-24-38-28-30-16-8-10-18-32(30)36-2/h7-10,15-18,33-34H,3-6,11-14,19-28H2,1-2H3. The van der Waals surface area contributed by atoms with E-state index in [0.29, 0.717) is 13.2 Å². The van der Waals surface area contributed by atoms with Crippen LogP contribution in [-0.2, 0) is 22.7 Å². The highest BCUT2D eigenvalue weighted by molar-refractivity contribution is 8.76. The molecule has 8 heteroatoms. The van der Waals surface area contributed by atoms with Crippen molar-refractivity contribution in [1.29, 1.82) is 0 Å². The molecule has 0 aliphatic rings. The van der Waals surface area contributed by atoms with Crippen molar-refractivity contribution in [2.45, 2.75) is 64.6 Å². The van der Waals surface area contributed by atoms with Gasteiger partial charge in [-0.3, -0.25) is 0 Å². The van der Waals surface area contributed by atoms with E-state index in [0.717, 1.165) is 74.9 Å². The smallest absolute Gasteiger partial charge is 0.124 e. The van der Waals surface area contributed by atoms with Crippen LogP contribution in [-0.4, -0.2) is 65.1 Å². The number of hydrogen-bond acceptors (Lipinski definition) is 8. The second-order valence-electron chi connectivity index (χ2n) is 9.70. The van der Waals surface area contributed by atoms with E-state index in [4.69, 9.17) is 18.9 Å². The van der Waals surface area contributed by atoms with Crippen molar-refractivity contribution in [1.82, 2.24) is 10.6 Å². The Hall–Kier alpha value is -1.42. The molecule has 0 aliphatic carbocycles. The van der Waals surface area contributed by atoms with Gasteiger partial charge in [0, 0.05) is 48.9 Å². The first-order valence-corrected chi connectivity index (χ1v) is 17.4. The minimum absolute atomic E-state index is 0.626. The first kappa shape index (κ1) is 34.8. The molecule has 2 N–H and O–H groups in total. The Morgan fingerprint density at radius 2 is 0.950 bits per heavy atom. The Morgan fingerprint density at radius 3 is 1.40 bits per heavy atom. The summed E-state index contributed by atoms with van der Waals surface area (Å²) in [5.41, 5.74) is 2.24. The summed E-state index contributed by atoms with van der Waals surface area (Å²) in [5.74, 6) is 4.15. The molecule has 0 aromatic heterocycles. The average molecular weight is 593 g/mol. The first-order valence-electron chi connectivity index (χ1n) is 14.9. The molecule has 2 aromatic rings. The summed E-state index contributed by atoms with van der Waals surface area (Å²) in [7, 11) is 7.37. The second kappa shape index (κ2) is 25.3. The maximum absolute atomic E-state index is 5.81. The summed E-state index contributed by atoms with van der Waals surface area (Å²) < 4.78 is 22.3. The molecule has 0 saturated carbocycles. The van der Waals surface area contributed by atoms with E-state index in [9.17, 15) is 0 Å². The van der Waals surface area contributed by atoms with Gasteiger partial charge in [-0.2, -0.15) is 0 Å². The lowest BCUT2D eigenvalue weighted by molar-refractivity contribution is 0.115. The molecule has 2 rings (SSSR count). The van der Waals surface area contributed by atoms with Gasteiger partial charge in [-0.15, -0.1) is 0 Å². The Kier molecular flexibility index (Phi) is 22.0. The summed E-state index contributed by atoms with van der Waals surface area (Å²) in [5, 5.41) is 7.14. The van der Waals surface area contributed by atoms with E-state index in [1.165, 1.54) is 50.0 Å². The number of nitrogens with one attached hydrogen (secondary N) is 2. The molecule has 0 bridgehead atoms. The number of unbranched alkanes of at least 4 members (excludes halogenated alkanes) is 6. The summed E-state index contributed by atoms with van der Waals surface area (Å²) >= 11 is 0. The lowest BCUT2D eigenvalue weighted by Gasteiger charge is -2.09. The number of para-hydroxylation sites is 2. The van der Waals surface area contributed by atoms with Crippen molar-refractivity contribution in [3.05, 3.63) is 59.7 Å². The summed E-state index contributed by atoms with van der Waals surface area (Å²) in [6, 6.07) is 16.1. The van der Waals surface area contributed by atoms with E-state index in [2.05, 4.69) is 22.8 Å². The van der Waals surface area contributed by atoms with Gasteiger partial charge in [-0.05, 0) is 50.9 Å². The summed E-state index contributed by atoms with van der Waals surface area (Å²) in [6.07, 6.45) is 9.70. The maximum atomic E-state index is 5.81. The van der Waals surface area contributed by atoms with Gasteiger partial charge in [0.15, 0.2) is 0 Å². The van der Waals surface area contributed by atoms with E-state index in [-0.39, 0.29) is 0 Å². The zero-order chi connectivity index (χ0) is 28.4. The predicted molar refractivity (Wildman–Crippen MR) is 173 cm³/mol. The largest absolute Gasteiger partial charge is 0.496 e. The molecule has 0 fully saturated rings. The molecular weight excluding hydrogens is 540 g/mol. The Balaban J connectivity index is 1.22. The van der Waals surface area contributed by atoms with Crippen LogP contribution in [0.5, 0.6) is 11.5 Å². The van der Waals surface area contributed by atoms with Crippen LogP contribution in [0, 0.1) is 0 Å². The topological polar surface area (TPSA) is 61.0 Å². The van der Waals surface area contributed by atoms with Crippen molar-refractivity contribution in [3.8, 4) is 11.5 Å². The molecule has 226 valence electrons. The molecule has 0 saturated heterocycles. The highest BCUT2D eigenvalue weighted by Crippen LogP contribution is 2.20. The summed E-state index contributed by atoms with van der Waals surface area (Å²) in [4.78, 5) is 0. The third-order valence-corrected chi connectivity index (χ3v) is 8.90. The zero-order valence-corrected chi connectivity index (χ0v) is 26.4. The van der Waals surface area contributed by atoms with Crippen LogP contribution in [0.2, 0.25) is 0 Å². The van der Waals surface area contributed by atoms with Crippen LogP contribution in [0.1, 0.15) is 62.5 Å². The average Bonchev–Trinajstić information content (AvgIpc) is 2.99. The molecule has 40 heavy (non-hydrogen) atoms. The fourth-order valence-corrected chi connectivity index (χ4v) is 6.12. The zero-order valence-electron chi connectivity index (χ0n) is 24.8. The van der Waals surface area contributed by atoms with Crippen molar-refractivity contribution in [3.63, 3.8) is 0 Å². The van der Waals surface area contributed by atoms with Crippen LogP contribution >= 0.6 is 21.6 Å². The minimum Gasteiger partial charge on any atom is -0.496 e. The van der Waals surface area contributed by atoms with Crippen molar-refractivity contribution < 1.29 is 18.9 Å². The third kappa shape index (κ3) is 17.4. The minimum atomic E-state index is 0.626. The van der Waals surface area contributed by atoms with Gasteiger partial charge in [0.2, 0.25) is 0 Å². The molecule has 0 amide bonds. The molecule has 0 spiro atoms. The van der Waals surface area contributed by atoms with E-state index >= 15 is 0 Å². The Labute approximate surface area is 251 Å². The van der Waals surface area contributed by atoms with Crippen LogP contribution < -0.4 is 20.1 Å². The normalized spacial score (nSPS) is 11.2.